The second-order valence-electron chi connectivity index (χ2n) is 4.16. The minimum absolute atomic E-state index is 0.169. The Kier molecular flexibility index (Phi) is 4.29. The first-order valence-corrected chi connectivity index (χ1v) is 6.56. The molecule has 1 aromatic carbocycles. The van der Waals surface area contributed by atoms with Crippen molar-refractivity contribution in [2.45, 2.75) is 13.5 Å². The third-order valence-electron chi connectivity index (χ3n) is 2.64. The molecule has 0 saturated carbocycles. The molecule has 20 heavy (non-hydrogen) atoms. The van der Waals surface area contributed by atoms with Crippen LogP contribution in [0.5, 0.6) is 0 Å². The predicted molar refractivity (Wildman–Crippen MR) is 77.1 cm³/mol. The molecule has 2 aromatic rings. The summed E-state index contributed by atoms with van der Waals surface area (Å²) in [5.74, 6) is -0.670. The van der Waals surface area contributed by atoms with Crippen molar-refractivity contribution in [2.75, 3.05) is 5.32 Å². The van der Waals surface area contributed by atoms with Gasteiger partial charge in [-0.25, -0.2) is 4.39 Å². The van der Waals surface area contributed by atoms with Crippen LogP contribution in [0.25, 0.3) is 0 Å². The van der Waals surface area contributed by atoms with Gasteiger partial charge in [0.05, 0.1) is 27.7 Å². The average Bonchev–Trinajstić information content (AvgIpc) is 2.39. The molecule has 2 rings (SSSR count). The highest BCUT2D eigenvalue weighted by Crippen LogP contribution is 2.30. The summed E-state index contributed by atoms with van der Waals surface area (Å²) < 4.78 is 13.5. The van der Waals surface area contributed by atoms with Gasteiger partial charge in [-0.3, -0.25) is 15.1 Å². The van der Waals surface area contributed by atoms with E-state index in [1.807, 2.05) is 25.1 Å². The number of aryl methyl sites for hydroxylation is 1. The molecular formula is C13H11BrFN3O2. The lowest BCUT2D eigenvalue weighted by Crippen LogP contribution is -2.05. The van der Waals surface area contributed by atoms with Crippen LogP contribution in [0.1, 0.15) is 11.4 Å². The fraction of sp³-hybridized carbons (Fsp3) is 0.154. The molecule has 1 N–H and O–H groups in total. The van der Waals surface area contributed by atoms with Crippen molar-refractivity contribution < 1.29 is 9.31 Å². The van der Waals surface area contributed by atoms with Crippen LogP contribution in [0.2, 0.25) is 0 Å². The molecule has 7 heteroatoms. The monoisotopic (exact) mass is 339 g/mol. The molecule has 0 fully saturated rings. The Bertz CT molecular complexity index is 664. The van der Waals surface area contributed by atoms with Gasteiger partial charge in [0.25, 0.3) is 5.69 Å². The van der Waals surface area contributed by atoms with Crippen LogP contribution in [0.3, 0.4) is 0 Å². The Morgan fingerprint density at radius 3 is 2.85 bits per heavy atom. The smallest absolute Gasteiger partial charge is 0.295 e. The van der Waals surface area contributed by atoms with Gasteiger partial charge in [0.2, 0.25) is 0 Å². The quantitative estimate of drug-likeness (QED) is 0.679. The largest absolute Gasteiger partial charge is 0.374 e. The average molecular weight is 340 g/mol. The number of anilines is 1. The van der Waals surface area contributed by atoms with Gasteiger partial charge >= 0.3 is 0 Å². The fourth-order valence-corrected chi connectivity index (χ4v) is 2.06. The summed E-state index contributed by atoms with van der Waals surface area (Å²) in [6.07, 6.45) is 0. The van der Waals surface area contributed by atoms with Gasteiger partial charge in [-0.15, -0.1) is 0 Å². The SMILES string of the molecule is Cc1cccc(CNc2cc(Br)c(F)cc2[N+](=O)[O-])n1. The molecule has 0 saturated heterocycles. The lowest BCUT2D eigenvalue weighted by atomic mass is 10.2. The topological polar surface area (TPSA) is 68.1 Å². The van der Waals surface area contributed by atoms with E-state index in [1.54, 1.807) is 0 Å². The van der Waals surface area contributed by atoms with Gasteiger partial charge in [0.15, 0.2) is 0 Å². The highest BCUT2D eigenvalue weighted by molar-refractivity contribution is 9.10. The molecule has 0 aliphatic carbocycles. The predicted octanol–water partition coefficient (Wildman–Crippen LogP) is 3.81. The third-order valence-corrected chi connectivity index (χ3v) is 3.25. The van der Waals surface area contributed by atoms with Crippen LogP contribution in [-0.2, 0) is 6.54 Å². The highest BCUT2D eigenvalue weighted by Gasteiger charge is 2.17. The molecule has 104 valence electrons. The summed E-state index contributed by atoms with van der Waals surface area (Å²) >= 11 is 3.01. The number of hydrogen-bond acceptors (Lipinski definition) is 4. The lowest BCUT2D eigenvalue weighted by Gasteiger charge is -2.08. The molecule has 0 unspecified atom stereocenters. The highest BCUT2D eigenvalue weighted by atomic mass is 79.9. The molecule has 1 aromatic heterocycles. The number of nitro groups is 1. The maximum Gasteiger partial charge on any atom is 0.295 e. The zero-order chi connectivity index (χ0) is 14.7. The van der Waals surface area contributed by atoms with E-state index in [1.165, 1.54) is 6.07 Å². The maximum absolute atomic E-state index is 13.3. The van der Waals surface area contributed by atoms with E-state index >= 15 is 0 Å². The van der Waals surface area contributed by atoms with Crippen molar-refractivity contribution in [2.24, 2.45) is 0 Å². The minimum atomic E-state index is -0.670. The van der Waals surface area contributed by atoms with Gasteiger partial charge in [-0.2, -0.15) is 0 Å². The molecule has 0 aliphatic heterocycles. The Hall–Kier alpha value is -2.02. The zero-order valence-corrected chi connectivity index (χ0v) is 12.1. The fourth-order valence-electron chi connectivity index (χ4n) is 1.71. The van der Waals surface area contributed by atoms with E-state index in [0.717, 1.165) is 17.5 Å². The van der Waals surface area contributed by atoms with E-state index in [9.17, 15) is 14.5 Å². The first kappa shape index (κ1) is 14.4. The number of nitrogens with one attached hydrogen (secondary N) is 1. The van der Waals surface area contributed by atoms with Crippen molar-refractivity contribution >= 4 is 27.3 Å². The van der Waals surface area contributed by atoms with Crippen molar-refractivity contribution in [3.8, 4) is 0 Å². The summed E-state index contributed by atoms with van der Waals surface area (Å²) in [6.45, 7) is 2.18. The van der Waals surface area contributed by atoms with E-state index < -0.39 is 10.7 Å². The van der Waals surface area contributed by atoms with Crippen LogP contribution in [0, 0.1) is 22.9 Å². The number of rotatable bonds is 4. The second kappa shape index (κ2) is 5.96. The summed E-state index contributed by atoms with van der Waals surface area (Å²) in [4.78, 5) is 14.6. The van der Waals surface area contributed by atoms with Crippen LogP contribution in [0.4, 0.5) is 15.8 Å². The zero-order valence-electron chi connectivity index (χ0n) is 10.6. The number of nitro benzene ring substituents is 1. The maximum atomic E-state index is 13.3. The normalized spacial score (nSPS) is 10.3. The standard InChI is InChI=1S/C13H11BrFN3O2/c1-8-3-2-4-9(17-8)7-16-12-5-10(14)11(15)6-13(12)18(19)20/h2-6,16H,7H2,1H3. The number of hydrogen-bond donors (Lipinski definition) is 1. The van der Waals surface area contributed by atoms with Crippen molar-refractivity contribution in [3.63, 3.8) is 0 Å². The Balaban J connectivity index is 2.24. The van der Waals surface area contributed by atoms with E-state index in [4.69, 9.17) is 0 Å². The molecule has 0 aliphatic rings. The van der Waals surface area contributed by atoms with E-state index in [2.05, 4.69) is 26.2 Å². The van der Waals surface area contributed by atoms with Gasteiger partial charge in [-0.1, -0.05) is 6.07 Å². The van der Waals surface area contributed by atoms with Gasteiger partial charge in [-0.05, 0) is 41.1 Å². The van der Waals surface area contributed by atoms with Crippen molar-refractivity contribution in [3.05, 3.63) is 62.1 Å². The van der Waals surface area contributed by atoms with E-state index in [0.29, 0.717) is 6.54 Å². The molecule has 1 heterocycles. The van der Waals surface area contributed by atoms with Gasteiger partial charge in [0.1, 0.15) is 11.5 Å². The molecule has 0 amide bonds. The summed E-state index contributed by atoms with van der Waals surface area (Å²) in [5, 5.41) is 13.8. The van der Waals surface area contributed by atoms with Crippen LogP contribution in [-0.4, -0.2) is 9.91 Å². The van der Waals surface area contributed by atoms with Crippen LogP contribution in [0.15, 0.2) is 34.8 Å². The molecule has 0 radical (unpaired) electrons. The van der Waals surface area contributed by atoms with Crippen LogP contribution >= 0.6 is 15.9 Å². The van der Waals surface area contributed by atoms with Crippen LogP contribution < -0.4 is 5.32 Å². The van der Waals surface area contributed by atoms with Crippen molar-refractivity contribution in [1.29, 1.82) is 0 Å². The third kappa shape index (κ3) is 3.30. The number of pyridine rings is 1. The lowest BCUT2D eigenvalue weighted by molar-refractivity contribution is -0.384. The number of halogens is 2. The second-order valence-corrected chi connectivity index (χ2v) is 5.02. The molecule has 0 atom stereocenters. The Labute approximate surface area is 123 Å². The van der Waals surface area contributed by atoms with Gasteiger partial charge < -0.3 is 5.32 Å². The summed E-state index contributed by atoms with van der Waals surface area (Å²) in [6, 6.07) is 7.76. The molecule has 0 spiro atoms. The van der Waals surface area contributed by atoms with Gasteiger partial charge in [0, 0.05) is 5.69 Å². The first-order valence-electron chi connectivity index (χ1n) is 5.77. The number of aromatic nitrogens is 1. The first-order chi connectivity index (χ1) is 9.47. The summed E-state index contributed by atoms with van der Waals surface area (Å²) in [5.41, 5.74) is 1.55. The summed E-state index contributed by atoms with van der Waals surface area (Å²) in [7, 11) is 0. The Morgan fingerprint density at radius 1 is 1.45 bits per heavy atom. The number of nitrogens with zero attached hydrogens (tertiary/aromatic N) is 2. The Morgan fingerprint density at radius 2 is 2.20 bits per heavy atom. The number of benzene rings is 1. The van der Waals surface area contributed by atoms with Crippen molar-refractivity contribution in [1.82, 2.24) is 4.98 Å². The molecular weight excluding hydrogens is 329 g/mol. The molecule has 5 nitrogen and oxygen atoms in total. The minimum Gasteiger partial charge on any atom is -0.374 e. The molecule has 0 bridgehead atoms. The van der Waals surface area contributed by atoms with E-state index in [-0.39, 0.29) is 15.8 Å².